The molecule has 2 aromatic rings. The summed E-state index contributed by atoms with van der Waals surface area (Å²) in [5.41, 5.74) is 1.28. The molecule has 1 N–H and O–H groups in total. The molecule has 0 saturated heterocycles. The molecule has 0 amide bonds. The van der Waals surface area contributed by atoms with Crippen LogP contribution in [-0.4, -0.2) is 4.89 Å². The van der Waals surface area contributed by atoms with Crippen LogP contribution in [0.5, 0.6) is 0 Å². The molecule has 1 unspecified atom stereocenters. The Hall–Kier alpha value is -1.17. The maximum absolute atomic E-state index is 10.4. The molecule has 17 heavy (non-hydrogen) atoms. The number of hydrogen-bond donors (Lipinski definition) is 1. The normalized spacial score (nSPS) is 12.7. The van der Waals surface area contributed by atoms with E-state index in [9.17, 15) is 4.89 Å². The van der Waals surface area contributed by atoms with Gasteiger partial charge in [-0.25, -0.2) is 0 Å². The smallest absolute Gasteiger partial charge is 0.0877 e. The van der Waals surface area contributed by atoms with Crippen LogP contribution in [0.3, 0.4) is 0 Å². The standard InChI is InChI=1S/C15H17OP/c1-12(2)13-7-6-10-15(11-13)17(16)14-8-4-3-5-9-14/h3-12,16H,1-2H3. The van der Waals surface area contributed by atoms with E-state index in [4.69, 9.17) is 0 Å². The summed E-state index contributed by atoms with van der Waals surface area (Å²) in [6, 6.07) is 18.1. The fourth-order valence-electron chi connectivity index (χ4n) is 1.73. The molecule has 0 aromatic heterocycles. The van der Waals surface area contributed by atoms with E-state index in [0.717, 1.165) is 10.6 Å². The van der Waals surface area contributed by atoms with E-state index in [0.29, 0.717) is 5.92 Å². The Morgan fingerprint density at radius 2 is 1.53 bits per heavy atom. The van der Waals surface area contributed by atoms with Gasteiger partial charge in [-0.1, -0.05) is 62.4 Å². The van der Waals surface area contributed by atoms with Crippen LogP contribution in [0.25, 0.3) is 0 Å². The van der Waals surface area contributed by atoms with Crippen molar-refractivity contribution in [3.05, 3.63) is 60.2 Å². The molecule has 0 spiro atoms. The van der Waals surface area contributed by atoms with Gasteiger partial charge in [-0.3, -0.25) is 0 Å². The Labute approximate surface area is 104 Å². The first-order valence-electron chi connectivity index (χ1n) is 5.82. The van der Waals surface area contributed by atoms with Gasteiger partial charge in [0.1, 0.15) is 0 Å². The molecule has 0 radical (unpaired) electrons. The molecule has 2 heteroatoms. The molecule has 2 aromatic carbocycles. The summed E-state index contributed by atoms with van der Waals surface area (Å²) >= 11 is 0. The van der Waals surface area contributed by atoms with Crippen LogP contribution >= 0.6 is 8.15 Å². The van der Waals surface area contributed by atoms with Gasteiger partial charge in [0.25, 0.3) is 0 Å². The zero-order valence-electron chi connectivity index (χ0n) is 10.2. The zero-order valence-corrected chi connectivity index (χ0v) is 11.1. The fourth-order valence-corrected chi connectivity index (χ4v) is 2.99. The summed E-state index contributed by atoms with van der Waals surface area (Å²) in [7, 11) is -1.21. The maximum Gasteiger partial charge on any atom is 0.0877 e. The Balaban J connectivity index is 2.31. The lowest BCUT2D eigenvalue weighted by Gasteiger charge is -2.13. The van der Waals surface area contributed by atoms with Crippen LogP contribution in [0.2, 0.25) is 0 Å². The summed E-state index contributed by atoms with van der Waals surface area (Å²) < 4.78 is 0. The predicted octanol–water partition coefficient (Wildman–Crippen LogP) is 3.15. The second kappa shape index (κ2) is 5.44. The lowest BCUT2D eigenvalue weighted by Crippen LogP contribution is -2.11. The van der Waals surface area contributed by atoms with Crippen LogP contribution < -0.4 is 10.6 Å². The van der Waals surface area contributed by atoms with Crippen molar-refractivity contribution in [2.45, 2.75) is 19.8 Å². The van der Waals surface area contributed by atoms with E-state index >= 15 is 0 Å². The molecular formula is C15H17OP. The molecule has 2 rings (SSSR count). The summed E-state index contributed by atoms with van der Waals surface area (Å²) in [4.78, 5) is 10.4. The summed E-state index contributed by atoms with van der Waals surface area (Å²) in [5, 5.41) is 2.03. The van der Waals surface area contributed by atoms with Crippen molar-refractivity contribution >= 4 is 18.8 Å². The summed E-state index contributed by atoms with van der Waals surface area (Å²) in [6.45, 7) is 4.34. The van der Waals surface area contributed by atoms with Crippen molar-refractivity contribution in [3.8, 4) is 0 Å². The molecule has 0 aliphatic carbocycles. The lowest BCUT2D eigenvalue weighted by molar-refractivity contribution is 0.644. The number of rotatable bonds is 3. The number of hydrogen-bond acceptors (Lipinski definition) is 1. The fraction of sp³-hybridized carbons (Fsp3) is 0.200. The van der Waals surface area contributed by atoms with Crippen LogP contribution in [0.1, 0.15) is 25.3 Å². The predicted molar refractivity (Wildman–Crippen MR) is 75.4 cm³/mol. The Bertz CT molecular complexity index is 479. The molecule has 0 saturated carbocycles. The van der Waals surface area contributed by atoms with Gasteiger partial charge in [-0.05, 0) is 17.5 Å². The van der Waals surface area contributed by atoms with Crippen LogP contribution in [0.15, 0.2) is 54.6 Å². The largest absolute Gasteiger partial charge is 0.364 e. The average molecular weight is 244 g/mol. The second-order valence-corrected chi connectivity index (χ2v) is 6.05. The first-order valence-corrected chi connectivity index (χ1v) is 7.12. The quantitative estimate of drug-likeness (QED) is 0.822. The van der Waals surface area contributed by atoms with Gasteiger partial charge in [0.2, 0.25) is 0 Å². The van der Waals surface area contributed by atoms with E-state index in [2.05, 4.69) is 26.0 Å². The minimum absolute atomic E-state index is 0.495. The summed E-state index contributed by atoms with van der Waals surface area (Å²) in [5.74, 6) is 0.495. The minimum Gasteiger partial charge on any atom is -0.364 e. The Morgan fingerprint density at radius 3 is 2.18 bits per heavy atom. The highest BCUT2D eigenvalue weighted by molar-refractivity contribution is 7.67. The van der Waals surface area contributed by atoms with E-state index in [1.165, 1.54) is 5.56 Å². The highest BCUT2D eigenvalue weighted by Crippen LogP contribution is 2.28. The van der Waals surface area contributed by atoms with Crippen molar-refractivity contribution in [3.63, 3.8) is 0 Å². The van der Waals surface area contributed by atoms with E-state index in [-0.39, 0.29) is 0 Å². The van der Waals surface area contributed by atoms with Gasteiger partial charge in [-0.2, -0.15) is 0 Å². The van der Waals surface area contributed by atoms with E-state index in [1.54, 1.807) is 0 Å². The maximum atomic E-state index is 10.4. The van der Waals surface area contributed by atoms with Gasteiger partial charge in [-0.15, -0.1) is 0 Å². The molecule has 0 bridgehead atoms. The first kappa shape index (κ1) is 12.3. The van der Waals surface area contributed by atoms with Crippen molar-refractivity contribution in [2.75, 3.05) is 0 Å². The third-order valence-corrected chi connectivity index (χ3v) is 4.34. The lowest BCUT2D eigenvalue weighted by atomic mass is 10.0. The number of benzene rings is 2. The molecule has 0 aliphatic rings. The molecule has 0 heterocycles. The van der Waals surface area contributed by atoms with Gasteiger partial charge >= 0.3 is 0 Å². The monoisotopic (exact) mass is 244 g/mol. The molecule has 0 aliphatic heterocycles. The van der Waals surface area contributed by atoms with Crippen LogP contribution in [0.4, 0.5) is 0 Å². The Morgan fingerprint density at radius 1 is 0.882 bits per heavy atom. The van der Waals surface area contributed by atoms with Crippen molar-refractivity contribution in [2.24, 2.45) is 0 Å². The molecule has 0 fully saturated rings. The van der Waals surface area contributed by atoms with Crippen molar-refractivity contribution < 1.29 is 4.89 Å². The van der Waals surface area contributed by atoms with Gasteiger partial charge in [0.15, 0.2) is 0 Å². The third-order valence-electron chi connectivity index (χ3n) is 2.78. The second-order valence-electron chi connectivity index (χ2n) is 4.40. The van der Waals surface area contributed by atoms with Crippen LogP contribution in [0, 0.1) is 0 Å². The SMILES string of the molecule is CC(C)c1cccc(P(O)c2ccccc2)c1. The highest BCUT2D eigenvalue weighted by Gasteiger charge is 2.11. The minimum atomic E-state index is -1.21. The zero-order chi connectivity index (χ0) is 12.3. The van der Waals surface area contributed by atoms with E-state index in [1.807, 2.05) is 42.5 Å². The topological polar surface area (TPSA) is 20.2 Å². The van der Waals surface area contributed by atoms with Crippen LogP contribution in [-0.2, 0) is 0 Å². The highest BCUT2D eigenvalue weighted by atomic mass is 31.1. The average Bonchev–Trinajstić information content (AvgIpc) is 2.39. The first-order chi connectivity index (χ1) is 8.18. The molecule has 88 valence electrons. The van der Waals surface area contributed by atoms with Gasteiger partial charge in [0.05, 0.1) is 8.15 Å². The van der Waals surface area contributed by atoms with Crippen molar-refractivity contribution in [1.82, 2.24) is 0 Å². The van der Waals surface area contributed by atoms with Crippen molar-refractivity contribution in [1.29, 1.82) is 0 Å². The summed E-state index contributed by atoms with van der Waals surface area (Å²) in [6.07, 6.45) is 0. The van der Waals surface area contributed by atoms with Gasteiger partial charge < -0.3 is 4.89 Å². The van der Waals surface area contributed by atoms with Gasteiger partial charge in [0, 0.05) is 10.6 Å². The van der Waals surface area contributed by atoms with E-state index < -0.39 is 8.15 Å². The molecule has 1 nitrogen and oxygen atoms in total. The molecule has 1 atom stereocenters. The molecular weight excluding hydrogens is 227 g/mol. The third kappa shape index (κ3) is 2.94. The Kier molecular flexibility index (Phi) is 3.93.